The van der Waals surface area contributed by atoms with Crippen molar-refractivity contribution in [1.29, 1.82) is 0 Å². The average Bonchev–Trinajstić information content (AvgIpc) is 2.60. The van der Waals surface area contributed by atoms with Crippen molar-refractivity contribution in [3.8, 4) is 5.75 Å². The first-order valence-electron chi connectivity index (χ1n) is 3.59. The van der Waals surface area contributed by atoms with E-state index in [1.165, 1.54) is 20.3 Å². The van der Waals surface area contributed by atoms with E-state index in [1.54, 1.807) is 0 Å². The van der Waals surface area contributed by atoms with Crippen LogP contribution in [-0.2, 0) is 4.74 Å². The van der Waals surface area contributed by atoms with E-state index in [4.69, 9.17) is 9.84 Å². The molecule has 0 bridgehead atoms. The molecule has 1 N–H and O–H groups in total. The largest absolute Gasteiger partial charge is 0.495 e. The molecular formula is C8H8O5S. The number of carboxylic acid groups (broad SMARTS) is 1. The monoisotopic (exact) mass is 216 g/mol. The van der Waals surface area contributed by atoms with Gasteiger partial charge in [0.2, 0.25) is 0 Å². The van der Waals surface area contributed by atoms with Crippen LogP contribution in [0.25, 0.3) is 0 Å². The number of carbonyl (C=O) groups is 2. The van der Waals surface area contributed by atoms with E-state index >= 15 is 0 Å². The first-order valence-corrected chi connectivity index (χ1v) is 4.41. The van der Waals surface area contributed by atoms with Gasteiger partial charge in [-0.05, 0) is 0 Å². The first kappa shape index (κ1) is 10.5. The van der Waals surface area contributed by atoms with E-state index in [0.717, 1.165) is 11.3 Å². The molecule has 1 heterocycles. The van der Waals surface area contributed by atoms with Gasteiger partial charge in [0.25, 0.3) is 0 Å². The summed E-state index contributed by atoms with van der Waals surface area (Å²) in [6.45, 7) is 0. The van der Waals surface area contributed by atoms with Crippen LogP contribution in [0, 0.1) is 0 Å². The van der Waals surface area contributed by atoms with Crippen molar-refractivity contribution in [1.82, 2.24) is 0 Å². The van der Waals surface area contributed by atoms with Gasteiger partial charge in [-0.25, -0.2) is 9.59 Å². The Morgan fingerprint density at radius 1 is 1.43 bits per heavy atom. The highest BCUT2D eigenvalue weighted by Gasteiger charge is 2.20. The van der Waals surface area contributed by atoms with Crippen LogP contribution in [0.4, 0.5) is 0 Å². The van der Waals surface area contributed by atoms with Gasteiger partial charge in [0.05, 0.1) is 14.2 Å². The van der Waals surface area contributed by atoms with Gasteiger partial charge in [-0.15, -0.1) is 11.3 Å². The molecule has 0 radical (unpaired) electrons. The zero-order chi connectivity index (χ0) is 10.7. The van der Waals surface area contributed by atoms with Crippen LogP contribution < -0.4 is 4.74 Å². The number of rotatable bonds is 3. The maximum atomic E-state index is 11.1. The smallest absolute Gasteiger partial charge is 0.351 e. The van der Waals surface area contributed by atoms with Gasteiger partial charge in [-0.2, -0.15) is 0 Å². The second-order valence-corrected chi connectivity index (χ2v) is 3.36. The molecule has 14 heavy (non-hydrogen) atoms. The molecule has 0 spiro atoms. The molecule has 0 saturated carbocycles. The summed E-state index contributed by atoms with van der Waals surface area (Å²) in [7, 11) is 2.59. The van der Waals surface area contributed by atoms with Crippen LogP contribution in [0.5, 0.6) is 5.75 Å². The second kappa shape index (κ2) is 4.10. The Morgan fingerprint density at radius 3 is 2.50 bits per heavy atom. The maximum Gasteiger partial charge on any atom is 0.351 e. The Balaban J connectivity index is 3.15. The van der Waals surface area contributed by atoms with Crippen LogP contribution in [-0.4, -0.2) is 31.3 Å². The van der Waals surface area contributed by atoms with Gasteiger partial charge < -0.3 is 14.6 Å². The summed E-state index contributed by atoms with van der Waals surface area (Å²) in [5.41, 5.74) is 0. The van der Waals surface area contributed by atoms with Crippen molar-refractivity contribution in [2.75, 3.05) is 14.2 Å². The Morgan fingerprint density at radius 2 is 2.07 bits per heavy atom. The van der Waals surface area contributed by atoms with Gasteiger partial charge in [-0.3, -0.25) is 0 Å². The molecule has 0 aliphatic carbocycles. The minimum absolute atomic E-state index is 0.0438. The van der Waals surface area contributed by atoms with Gasteiger partial charge in [-0.1, -0.05) is 0 Å². The third-order valence-corrected chi connectivity index (χ3v) is 2.58. The molecule has 76 valence electrons. The van der Waals surface area contributed by atoms with E-state index in [0.29, 0.717) is 0 Å². The summed E-state index contributed by atoms with van der Waals surface area (Å²) in [5.74, 6) is -1.47. The van der Waals surface area contributed by atoms with E-state index in [9.17, 15) is 9.59 Å². The third kappa shape index (κ3) is 1.85. The van der Waals surface area contributed by atoms with Gasteiger partial charge in [0.15, 0.2) is 4.88 Å². The van der Waals surface area contributed by atoms with Gasteiger partial charge in [0.1, 0.15) is 10.6 Å². The van der Waals surface area contributed by atoms with Gasteiger partial charge >= 0.3 is 11.9 Å². The highest BCUT2D eigenvalue weighted by molar-refractivity contribution is 7.16. The molecule has 1 rings (SSSR count). The minimum atomic E-state index is -1.09. The van der Waals surface area contributed by atoms with Crippen molar-refractivity contribution in [3.63, 3.8) is 0 Å². The van der Waals surface area contributed by atoms with E-state index in [1.807, 2.05) is 0 Å². The summed E-state index contributed by atoms with van der Waals surface area (Å²) >= 11 is 0.826. The first-order chi connectivity index (χ1) is 6.60. The molecule has 0 aliphatic rings. The number of aromatic carboxylic acids is 1. The second-order valence-electron chi connectivity index (χ2n) is 2.30. The molecule has 0 saturated heterocycles. The number of carboxylic acids is 1. The fourth-order valence-electron chi connectivity index (χ4n) is 0.866. The molecule has 0 fully saturated rings. The normalized spacial score (nSPS) is 9.57. The number of thiophene rings is 1. The van der Waals surface area contributed by atoms with Gasteiger partial charge in [0, 0.05) is 6.07 Å². The standard InChI is InChI=1S/C8H8O5S/c1-12-4-3-5(7(9)10)14-6(4)8(11)13-2/h3H,1-2H3,(H,9,10). The number of hydrogen-bond donors (Lipinski definition) is 1. The number of ether oxygens (including phenoxy) is 2. The van der Waals surface area contributed by atoms with Crippen LogP contribution in [0.15, 0.2) is 6.07 Å². The molecule has 1 aromatic rings. The zero-order valence-electron chi connectivity index (χ0n) is 7.57. The Labute approximate surface area is 83.9 Å². The topological polar surface area (TPSA) is 72.8 Å². The zero-order valence-corrected chi connectivity index (χ0v) is 8.38. The summed E-state index contributed by atoms with van der Waals surface area (Å²) in [4.78, 5) is 21.9. The van der Waals surface area contributed by atoms with E-state index < -0.39 is 11.9 Å². The van der Waals surface area contributed by atoms with Crippen molar-refractivity contribution in [2.24, 2.45) is 0 Å². The molecule has 5 nitrogen and oxygen atoms in total. The predicted octanol–water partition coefficient (Wildman–Crippen LogP) is 1.24. The summed E-state index contributed by atoms with van der Waals surface area (Å²) < 4.78 is 9.32. The molecule has 0 aliphatic heterocycles. The molecule has 0 unspecified atom stereocenters. The highest BCUT2D eigenvalue weighted by atomic mass is 32.1. The molecule has 1 aromatic heterocycles. The summed E-state index contributed by atoms with van der Waals surface area (Å²) in [5, 5.41) is 8.68. The lowest BCUT2D eigenvalue weighted by atomic mass is 10.4. The minimum Gasteiger partial charge on any atom is -0.495 e. The molecule has 0 amide bonds. The van der Waals surface area contributed by atoms with Crippen molar-refractivity contribution >= 4 is 23.3 Å². The molecule has 0 atom stereocenters. The fourth-order valence-corrected chi connectivity index (χ4v) is 1.75. The lowest BCUT2D eigenvalue weighted by Gasteiger charge is -1.98. The van der Waals surface area contributed by atoms with Crippen LogP contribution in [0.3, 0.4) is 0 Å². The number of esters is 1. The summed E-state index contributed by atoms with van der Waals surface area (Å²) in [6, 6.07) is 1.29. The SMILES string of the molecule is COC(=O)c1sc(C(=O)O)cc1OC. The van der Waals surface area contributed by atoms with Crippen molar-refractivity contribution in [2.45, 2.75) is 0 Å². The Bertz CT molecular complexity index is 368. The van der Waals surface area contributed by atoms with E-state index in [-0.39, 0.29) is 15.5 Å². The average molecular weight is 216 g/mol. The third-order valence-electron chi connectivity index (χ3n) is 1.50. The molecule has 0 aromatic carbocycles. The lowest BCUT2D eigenvalue weighted by molar-refractivity contribution is 0.0602. The Hall–Kier alpha value is -1.56. The summed E-state index contributed by atoms with van der Waals surface area (Å²) in [6.07, 6.45) is 0. The van der Waals surface area contributed by atoms with Crippen LogP contribution >= 0.6 is 11.3 Å². The highest BCUT2D eigenvalue weighted by Crippen LogP contribution is 2.29. The quantitative estimate of drug-likeness (QED) is 0.769. The van der Waals surface area contributed by atoms with Crippen molar-refractivity contribution < 1.29 is 24.2 Å². The van der Waals surface area contributed by atoms with Crippen LogP contribution in [0.2, 0.25) is 0 Å². The molecular weight excluding hydrogens is 208 g/mol. The maximum absolute atomic E-state index is 11.1. The number of methoxy groups -OCH3 is 2. The number of hydrogen-bond acceptors (Lipinski definition) is 5. The molecule has 6 heteroatoms. The number of carbonyl (C=O) groups excluding carboxylic acids is 1. The van der Waals surface area contributed by atoms with Crippen molar-refractivity contribution in [3.05, 3.63) is 15.8 Å². The van der Waals surface area contributed by atoms with Crippen LogP contribution in [0.1, 0.15) is 19.3 Å². The predicted molar refractivity (Wildman–Crippen MR) is 49.2 cm³/mol. The lowest BCUT2D eigenvalue weighted by Crippen LogP contribution is -1.99. The fraction of sp³-hybridized carbons (Fsp3) is 0.250. The van der Waals surface area contributed by atoms with E-state index in [2.05, 4.69) is 4.74 Å². The Kier molecular flexibility index (Phi) is 3.08.